The lowest BCUT2D eigenvalue weighted by Gasteiger charge is -2.04. The minimum atomic E-state index is -0.311. The van der Waals surface area contributed by atoms with Crippen LogP contribution >= 0.6 is 11.6 Å². The fourth-order valence-corrected chi connectivity index (χ4v) is 1.78. The molecule has 0 aliphatic rings. The number of benzene rings is 1. The van der Waals surface area contributed by atoms with Crippen molar-refractivity contribution < 1.29 is 4.79 Å². The zero-order valence-corrected chi connectivity index (χ0v) is 10.6. The number of aryl methyl sites for hydroxylation is 1. The number of rotatable bonds is 3. The summed E-state index contributed by atoms with van der Waals surface area (Å²) in [6.45, 7) is 2.00. The van der Waals surface area contributed by atoms with Gasteiger partial charge in [-0.15, -0.1) is 0 Å². The maximum Gasteiger partial charge on any atom is 0.258 e. The maximum absolute atomic E-state index is 12.0. The van der Waals surface area contributed by atoms with Crippen LogP contribution in [-0.4, -0.2) is 16.1 Å². The van der Waals surface area contributed by atoms with Gasteiger partial charge in [0, 0.05) is 17.4 Å². The fraction of sp³-hybridized carbons (Fsp3) is 0.167. The lowest BCUT2D eigenvalue weighted by atomic mass is 10.2. The van der Waals surface area contributed by atoms with Crippen LogP contribution in [0.25, 0.3) is 0 Å². The zero-order chi connectivity index (χ0) is 13.1. The Labute approximate surface area is 109 Å². The number of carbonyl (C=O) groups is 1. The molecule has 6 heteroatoms. The van der Waals surface area contributed by atoms with E-state index in [-0.39, 0.29) is 5.91 Å². The van der Waals surface area contributed by atoms with E-state index in [1.807, 2.05) is 6.92 Å². The van der Waals surface area contributed by atoms with Gasteiger partial charge >= 0.3 is 0 Å². The Morgan fingerprint density at radius 3 is 2.89 bits per heavy atom. The number of nitrogen functional groups attached to an aromatic ring is 1. The predicted octanol–water partition coefficient (Wildman–Crippen LogP) is 2.46. The molecule has 4 N–H and O–H groups in total. The summed E-state index contributed by atoms with van der Waals surface area (Å²) in [6.07, 6.45) is 0.825. The van der Waals surface area contributed by atoms with Crippen LogP contribution in [0.3, 0.4) is 0 Å². The van der Waals surface area contributed by atoms with Gasteiger partial charge < -0.3 is 11.1 Å². The summed E-state index contributed by atoms with van der Waals surface area (Å²) in [5, 5.41) is 9.78. The molecule has 0 bridgehead atoms. The first kappa shape index (κ1) is 12.4. The highest BCUT2D eigenvalue weighted by atomic mass is 35.5. The molecule has 1 aromatic carbocycles. The standard InChI is InChI=1S/C12H13ClN4O/c1-2-8-6-11(17-16-8)15-12(18)9-4-3-7(14)5-10(9)13/h3-6H,2,14H2,1H3,(H2,15,16,17,18). The molecule has 0 fully saturated rings. The van der Waals surface area contributed by atoms with Gasteiger partial charge in [-0.3, -0.25) is 9.89 Å². The van der Waals surface area contributed by atoms with Crippen molar-refractivity contribution in [3.63, 3.8) is 0 Å². The van der Waals surface area contributed by atoms with Gasteiger partial charge in [0.05, 0.1) is 10.6 Å². The monoisotopic (exact) mass is 264 g/mol. The number of amides is 1. The van der Waals surface area contributed by atoms with Crippen LogP contribution in [0.2, 0.25) is 5.02 Å². The number of halogens is 1. The second-order valence-corrected chi connectivity index (χ2v) is 4.23. The molecule has 2 rings (SSSR count). The number of hydrogen-bond acceptors (Lipinski definition) is 3. The molecular weight excluding hydrogens is 252 g/mol. The predicted molar refractivity (Wildman–Crippen MR) is 71.8 cm³/mol. The van der Waals surface area contributed by atoms with E-state index in [2.05, 4.69) is 15.5 Å². The molecule has 94 valence electrons. The van der Waals surface area contributed by atoms with E-state index >= 15 is 0 Å². The first-order valence-electron chi connectivity index (χ1n) is 5.51. The van der Waals surface area contributed by atoms with Gasteiger partial charge in [0.2, 0.25) is 0 Å². The van der Waals surface area contributed by atoms with E-state index in [9.17, 15) is 4.79 Å². The summed E-state index contributed by atoms with van der Waals surface area (Å²) in [7, 11) is 0. The van der Waals surface area contributed by atoms with Crippen LogP contribution < -0.4 is 11.1 Å². The van der Waals surface area contributed by atoms with Crippen molar-refractivity contribution >= 4 is 29.0 Å². The topological polar surface area (TPSA) is 83.8 Å². The van der Waals surface area contributed by atoms with Crippen molar-refractivity contribution in [3.8, 4) is 0 Å². The van der Waals surface area contributed by atoms with Crippen LogP contribution in [-0.2, 0) is 6.42 Å². The second kappa shape index (κ2) is 5.10. The van der Waals surface area contributed by atoms with E-state index in [4.69, 9.17) is 17.3 Å². The molecule has 0 unspecified atom stereocenters. The van der Waals surface area contributed by atoms with Gasteiger partial charge in [-0.2, -0.15) is 5.10 Å². The van der Waals surface area contributed by atoms with Gasteiger partial charge in [-0.25, -0.2) is 0 Å². The van der Waals surface area contributed by atoms with Gasteiger partial charge in [-0.1, -0.05) is 18.5 Å². The Kier molecular flexibility index (Phi) is 3.53. The number of nitrogens with one attached hydrogen (secondary N) is 2. The van der Waals surface area contributed by atoms with Crippen LogP contribution in [0.4, 0.5) is 11.5 Å². The summed E-state index contributed by atoms with van der Waals surface area (Å²) in [6, 6.07) is 6.53. The Balaban J connectivity index is 2.16. The lowest BCUT2D eigenvalue weighted by Crippen LogP contribution is -2.12. The van der Waals surface area contributed by atoms with Crippen LogP contribution in [0.15, 0.2) is 24.3 Å². The number of carbonyl (C=O) groups excluding carboxylic acids is 1. The Morgan fingerprint density at radius 1 is 1.50 bits per heavy atom. The van der Waals surface area contributed by atoms with Crippen molar-refractivity contribution in [1.29, 1.82) is 0 Å². The van der Waals surface area contributed by atoms with Crippen molar-refractivity contribution in [3.05, 3.63) is 40.5 Å². The summed E-state index contributed by atoms with van der Waals surface area (Å²) < 4.78 is 0. The third-order valence-electron chi connectivity index (χ3n) is 2.49. The minimum absolute atomic E-state index is 0.311. The van der Waals surface area contributed by atoms with E-state index in [1.54, 1.807) is 24.3 Å². The smallest absolute Gasteiger partial charge is 0.258 e. The molecule has 1 amide bonds. The van der Waals surface area contributed by atoms with Gasteiger partial charge in [0.25, 0.3) is 5.91 Å². The molecule has 0 aliphatic heterocycles. The van der Waals surface area contributed by atoms with E-state index < -0.39 is 0 Å². The van der Waals surface area contributed by atoms with E-state index in [0.29, 0.717) is 22.1 Å². The average Bonchev–Trinajstić information content (AvgIpc) is 2.76. The third kappa shape index (κ3) is 2.62. The lowest BCUT2D eigenvalue weighted by molar-refractivity contribution is 0.102. The molecule has 0 spiro atoms. The Hall–Kier alpha value is -2.01. The second-order valence-electron chi connectivity index (χ2n) is 3.83. The molecule has 0 aliphatic carbocycles. The highest BCUT2D eigenvalue weighted by Crippen LogP contribution is 2.20. The minimum Gasteiger partial charge on any atom is -0.399 e. The fourth-order valence-electron chi connectivity index (χ4n) is 1.51. The molecule has 0 atom stereocenters. The van der Waals surface area contributed by atoms with E-state index in [1.165, 1.54) is 0 Å². The molecule has 18 heavy (non-hydrogen) atoms. The summed E-state index contributed by atoms with van der Waals surface area (Å²) >= 11 is 5.95. The number of aromatic nitrogens is 2. The molecule has 1 aromatic heterocycles. The number of aromatic amines is 1. The number of H-pyrrole nitrogens is 1. The molecular formula is C12H13ClN4O. The van der Waals surface area contributed by atoms with Crippen LogP contribution in [0.5, 0.6) is 0 Å². The highest BCUT2D eigenvalue weighted by molar-refractivity contribution is 6.34. The number of nitrogens with two attached hydrogens (primary N) is 1. The normalized spacial score (nSPS) is 10.3. The van der Waals surface area contributed by atoms with Crippen LogP contribution in [0.1, 0.15) is 23.0 Å². The molecule has 0 saturated carbocycles. The first-order chi connectivity index (χ1) is 8.60. The average molecular weight is 265 g/mol. The molecule has 1 heterocycles. The Bertz CT molecular complexity index is 579. The zero-order valence-electron chi connectivity index (χ0n) is 9.83. The van der Waals surface area contributed by atoms with Crippen molar-refractivity contribution in [1.82, 2.24) is 10.2 Å². The number of anilines is 2. The third-order valence-corrected chi connectivity index (χ3v) is 2.80. The highest BCUT2D eigenvalue weighted by Gasteiger charge is 2.12. The maximum atomic E-state index is 12.0. The van der Waals surface area contributed by atoms with Gasteiger partial charge in [-0.05, 0) is 24.6 Å². The molecule has 0 radical (unpaired) electrons. The quantitative estimate of drug-likeness (QED) is 0.745. The number of hydrogen-bond donors (Lipinski definition) is 3. The first-order valence-corrected chi connectivity index (χ1v) is 5.88. The molecule has 5 nitrogen and oxygen atoms in total. The van der Waals surface area contributed by atoms with Crippen molar-refractivity contribution in [2.45, 2.75) is 13.3 Å². The number of nitrogens with zero attached hydrogens (tertiary/aromatic N) is 1. The van der Waals surface area contributed by atoms with Gasteiger partial charge in [0.15, 0.2) is 5.82 Å². The SMILES string of the molecule is CCc1cc(NC(=O)c2ccc(N)cc2Cl)n[nH]1. The largest absolute Gasteiger partial charge is 0.399 e. The Morgan fingerprint density at radius 2 is 2.28 bits per heavy atom. The summed E-state index contributed by atoms with van der Waals surface area (Å²) in [4.78, 5) is 12.0. The van der Waals surface area contributed by atoms with E-state index in [0.717, 1.165) is 12.1 Å². The molecule has 0 saturated heterocycles. The summed E-state index contributed by atoms with van der Waals surface area (Å²) in [5.41, 5.74) is 7.41. The van der Waals surface area contributed by atoms with Gasteiger partial charge in [0.1, 0.15) is 0 Å². The molecule has 2 aromatic rings. The van der Waals surface area contributed by atoms with Crippen molar-refractivity contribution in [2.24, 2.45) is 0 Å². The van der Waals surface area contributed by atoms with Crippen LogP contribution in [0, 0.1) is 0 Å². The van der Waals surface area contributed by atoms with Crippen molar-refractivity contribution in [2.75, 3.05) is 11.1 Å². The summed E-state index contributed by atoms with van der Waals surface area (Å²) in [5.74, 6) is 0.166.